The molecule has 178 valence electrons. The SMILES string of the molecule is CCC[C@H](c1nnnn1CCOC)N(Cc1cc2cc(C)c(C)cc2[nH]c1=O)C1CCCC1. The van der Waals surface area contributed by atoms with E-state index < -0.39 is 0 Å². The molecule has 8 nitrogen and oxygen atoms in total. The molecule has 33 heavy (non-hydrogen) atoms. The summed E-state index contributed by atoms with van der Waals surface area (Å²) in [6.45, 7) is 8.14. The number of aryl methyl sites for hydroxylation is 2. The second-order valence-electron chi connectivity index (χ2n) is 9.32. The number of fused-ring (bicyclic) bond motifs is 1. The molecule has 0 bridgehead atoms. The van der Waals surface area contributed by atoms with Crippen molar-refractivity contribution in [3.05, 3.63) is 51.1 Å². The van der Waals surface area contributed by atoms with Gasteiger partial charge in [-0.1, -0.05) is 26.2 Å². The Hall–Kier alpha value is -2.58. The fourth-order valence-electron chi connectivity index (χ4n) is 5.07. The molecular formula is C25H36N6O2. The zero-order valence-corrected chi connectivity index (χ0v) is 20.3. The standard InChI is InChI=1S/C25H36N6O2/c1-5-8-23(24-27-28-29-31(24)11-12-33-4)30(21-9-6-7-10-21)16-20-15-19-13-17(2)18(3)14-22(19)26-25(20)32/h13-15,21,23H,5-12,16H2,1-4H3,(H,26,32)/t23-/m1/s1. The van der Waals surface area contributed by atoms with Gasteiger partial charge in [0.05, 0.1) is 19.2 Å². The molecule has 1 atom stereocenters. The van der Waals surface area contributed by atoms with E-state index in [4.69, 9.17) is 4.74 Å². The Labute approximate surface area is 195 Å². The first kappa shape index (κ1) is 23.6. The smallest absolute Gasteiger partial charge is 0.252 e. The maximum Gasteiger partial charge on any atom is 0.252 e. The minimum atomic E-state index is -0.0111. The van der Waals surface area contributed by atoms with Crippen LogP contribution in [0.4, 0.5) is 0 Å². The molecule has 2 heterocycles. The van der Waals surface area contributed by atoms with Crippen molar-refractivity contribution in [3.63, 3.8) is 0 Å². The Morgan fingerprint density at radius 1 is 1.21 bits per heavy atom. The van der Waals surface area contributed by atoms with Crippen molar-refractivity contribution >= 4 is 10.9 Å². The molecule has 1 aromatic carbocycles. The minimum absolute atomic E-state index is 0.0111. The largest absolute Gasteiger partial charge is 0.383 e. The van der Waals surface area contributed by atoms with Gasteiger partial charge in [0.2, 0.25) is 0 Å². The summed E-state index contributed by atoms with van der Waals surface area (Å²) in [7, 11) is 1.69. The first-order valence-electron chi connectivity index (χ1n) is 12.2. The number of tetrazole rings is 1. The van der Waals surface area contributed by atoms with Crippen molar-refractivity contribution in [2.24, 2.45) is 0 Å². The maximum atomic E-state index is 13.1. The van der Waals surface area contributed by atoms with Crippen LogP contribution >= 0.6 is 0 Å². The van der Waals surface area contributed by atoms with E-state index in [0.717, 1.165) is 48.0 Å². The van der Waals surface area contributed by atoms with Crippen LogP contribution in [0.2, 0.25) is 0 Å². The lowest BCUT2D eigenvalue weighted by Crippen LogP contribution is -2.39. The molecule has 3 aromatic rings. The molecule has 2 aromatic heterocycles. The van der Waals surface area contributed by atoms with Gasteiger partial charge in [0.1, 0.15) is 0 Å². The summed E-state index contributed by atoms with van der Waals surface area (Å²) in [6.07, 6.45) is 6.68. The van der Waals surface area contributed by atoms with Crippen molar-refractivity contribution in [3.8, 4) is 0 Å². The average Bonchev–Trinajstić information content (AvgIpc) is 3.48. The number of rotatable bonds is 10. The van der Waals surface area contributed by atoms with E-state index in [0.29, 0.717) is 25.7 Å². The molecule has 1 N–H and O–H groups in total. The summed E-state index contributed by atoms with van der Waals surface area (Å²) in [5.41, 5.74) is 4.10. The number of nitrogens with zero attached hydrogens (tertiary/aromatic N) is 5. The molecule has 0 spiro atoms. The first-order chi connectivity index (χ1) is 16.0. The molecule has 1 saturated carbocycles. The zero-order chi connectivity index (χ0) is 23.4. The van der Waals surface area contributed by atoms with Crippen LogP contribution in [0.15, 0.2) is 23.0 Å². The van der Waals surface area contributed by atoms with Gasteiger partial charge >= 0.3 is 0 Å². The highest BCUT2D eigenvalue weighted by Gasteiger charge is 2.33. The van der Waals surface area contributed by atoms with E-state index in [1.54, 1.807) is 7.11 Å². The van der Waals surface area contributed by atoms with E-state index in [9.17, 15) is 4.79 Å². The lowest BCUT2D eigenvalue weighted by molar-refractivity contribution is 0.105. The Morgan fingerprint density at radius 3 is 2.70 bits per heavy atom. The molecular weight excluding hydrogens is 416 g/mol. The number of hydrogen-bond donors (Lipinski definition) is 1. The van der Waals surface area contributed by atoms with Crippen LogP contribution in [0.5, 0.6) is 0 Å². The van der Waals surface area contributed by atoms with Gasteiger partial charge in [-0.25, -0.2) is 4.68 Å². The van der Waals surface area contributed by atoms with E-state index in [-0.39, 0.29) is 11.6 Å². The normalized spacial score (nSPS) is 15.7. The summed E-state index contributed by atoms with van der Waals surface area (Å²) in [5.74, 6) is 0.865. The molecule has 4 rings (SSSR count). The second kappa shape index (κ2) is 10.6. The van der Waals surface area contributed by atoms with Gasteiger partial charge in [-0.05, 0) is 78.2 Å². The third-order valence-corrected chi connectivity index (χ3v) is 7.01. The molecule has 0 amide bonds. The number of hydrogen-bond acceptors (Lipinski definition) is 6. The minimum Gasteiger partial charge on any atom is -0.383 e. The Morgan fingerprint density at radius 2 is 1.97 bits per heavy atom. The molecule has 0 radical (unpaired) electrons. The number of aromatic nitrogens is 5. The van der Waals surface area contributed by atoms with Gasteiger partial charge in [0.25, 0.3) is 5.56 Å². The Balaban J connectivity index is 1.73. The van der Waals surface area contributed by atoms with Crippen LogP contribution in [-0.2, 0) is 17.8 Å². The number of aromatic amines is 1. The molecule has 1 aliphatic rings. The number of pyridine rings is 1. The quantitative estimate of drug-likeness (QED) is 0.499. The monoisotopic (exact) mass is 452 g/mol. The molecule has 1 fully saturated rings. The Bertz CT molecular complexity index is 1130. The van der Waals surface area contributed by atoms with Crippen molar-refractivity contribution in [1.82, 2.24) is 30.1 Å². The predicted molar refractivity (Wildman–Crippen MR) is 129 cm³/mol. The van der Waals surface area contributed by atoms with Crippen LogP contribution in [-0.4, -0.2) is 49.8 Å². The van der Waals surface area contributed by atoms with Crippen LogP contribution in [0.25, 0.3) is 10.9 Å². The van der Waals surface area contributed by atoms with E-state index >= 15 is 0 Å². The number of nitrogens with one attached hydrogen (secondary N) is 1. The zero-order valence-electron chi connectivity index (χ0n) is 20.3. The number of ether oxygens (including phenoxy) is 1. The van der Waals surface area contributed by atoms with Gasteiger partial charge in [0, 0.05) is 30.8 Å². The fraction of sp³-hybridized carbons (Fsp3) is 0.600. The summed E-state index contributed by atoms with van der Waals surface area (Å²) in [5, 5.41) is 13.7. The predicted octanol–water partition coefficient (Wildman–Crippen LogP) is 4.06. The van der Waals surface area contributed by atoms with Gasteiger partial charge in [-0.15, -0.1) is 5.10 Å². The lowest BCUT2D eigenvalue weighted by atomic mass is 10.0. The van der Waals surface area contributed by atoms with Crippen LogP contribution in [0.3, 0.4) is 0 Å². The number of methoxy groups -OCH3 is 1. The highest BCUT2D eigenvalue weighted by molar-refractivity contribution is 5.80. The van der Waals surface area contributed by atoms with E-state index in [2.05, 4.69) is 64.4 Å². The van der Waals surface area contributed by atoms with Crippen molar-refractivity contribution < 1.29 is 4.74 Å². The third kappa shape index (κ3) is 5.17. The summed E-state index contributed by atoms with van der Waals surface area (Å²) < 4.78 is 7.13. The van der Waals surface area contributed by atoms with Crippen molar-refractivity contribution in [1.29, 1.82) is 0 Å². The molecule has 8 heteroatoms. The van der Waals surface area contributed by atoms with Gasteiger partial charge in [-0.2, -0.15) is 0 Å². The highest BCUT2D eigenvalue weighted by atomic mass is 16.5. The fourth-order valence-corrected chi connectivity index (χ4v) is 5.07. The van der Waals surface area contributed by atoms with Crippen LogP contribution in [0, 0.1) is 13.8 Å². The van der Waals surface area contributed by atoms with Gasteiger partial charge in [0.15, 0.2) is 5.82 Å². The Kier molecular flexibility index (Phi) is 7.55. The topological polar surface area (TPSA) is 88.9 Å². The molecule has 0 saturated heterocycles. The first-order valence-corrected chi connectivity index (χ1v) is 12.2. The highest BCUT2D eigenvalue weighted by Crippen LogP contribution is 2.34. The molecule has 0 aliphatic heterocycles. The van der Waals surface area contributed by atoms with E-state index in [1.807, 2.05) is 4.68 Å². The average molecular weight is 453 g/mol. The lowest BCUT2D eigenvalue weighted by Gasteiger charge is -2.35. The van der Waals surface area contributed by atoms with E-state index in [1.165, 1.54) is 24.0 Å². The number of benzene rings is 1. The summed E-state index contributed by atoms with van der Waals surface area (Å²) in [4.78, 5) is 18.7. The summed E-state index contributed by atoms with van der Waals surface area (Å²) >= 11 is 0. The van der Waals surface area contributed by atoms with Crippen LogP contribution < -0.4 is 5.56 Å². The van der Waals surface area contributed by atoms with Gasteiger partial charge in [-0.3, -0.25) is 9.69 Å². The molecule has 1 aliphatic carbocycles. The van der Waals surface area contributed by atoms with Crippen LogP contribution in [0.1, 0.15) is 74.0 Å². The second-order valence-corrected chi connectivity index (χ2v) is 9.32. The third-order valence-electron chi connectivity index (χ3n) is 7.01. The van der Waals surface area contributed by atoms with Crippen molar-refractivity contribution in [2.75, 3.05) is 13.7 Å². The maximum absolute atomic E-state index is 13.1. The number of H-pyrrole nitrogens is 1. The van der Waals surface area contributed by atoms with Crippen molar-refractivity contribution in [2.45, 2.75) is 84.5 Å². The molecule has 0 unspecified atom stereocenters. The van der Waals surface area contributed by atoms with Gasteiger partial charge < -0.3 is 9.72 Å². The summed E-state index contributed by atoms with van der Waals surface area (Å²) in [6, 6.07) is 6.77.